The van der Waals surface area contributed by atoms with E-state index in [0.717, 1.165) is 47.5 Å². The highest BCUT2D eigenvalue weighted by atomic mass is 16.5. The maximum atomic E-state index is 12.3. The molecule has 1 atom stereocenters. The molecule has 0 radical (unpaired) electrons. The Kier molecular flexibility index (Phi) is 7.23. The number of benzene rings is 2. The molecule has 10 heteroatoms. The Labute approximate surface area is 221 Å². The molecular formula is C28H32N8O2. The molecule has 0 unspecified atom stereocenters. The summed E-state index contributed by atoms with van der Waals surface area (Å²) in [7, 11) is 1.92. The molecule has 38 heavy (non-hydrogen) atoms. The second-order valence-electron chi connectivity index (χ2n) is 9.25. The van der Waals surface area contributed by atoms with Gasteiger partial charge in [-0.25, -0.2) is 9.97 Å². The normalized spacial score (nSPS) is 15.3. The summed E-state index contributed by atoms with van der Waals surface area (Å²) in [5, 5.41) is 15.2. The average Bonchev–Trinajstić information content (AvgIpc) is 3.30. The molecule has 1 fully saturated rings. The Morgan fingerprint density at radius 1 is 1.24 bits per heavy atom. The van der Waals surface area contributed by atoms with E-state index in [2.05, 4.69) is 55.5 Å². The van der Waals surface area contributed by atoms with Crippen LogP contribution >= 0.6 is 0 Å². The minimum atomic E-state index is -0.278. The van der Waals surface area contributed by atoms with Crippen molar-refractivity contribution < 1.29 is 9.53 Å². The molecule has 2 aromatic heterocycles. The Balaban J connectivity index is 1.50. The summed E-state index contributed by atoms with van der Waals surface area (Å²) >= 11 is 0. The molecule has 1 saturated heterocycles. The largest absolute Gasteiger partial charge is 0.492 e. The van der Waals surface area contributed by atoms with Crippen molar-refractivity contribution in [3.63, 3.8) is 0 Å². The minimum Gasteiger partial charge on any atom is -0.492 e. The number of nitrogens with zero attached hydrogens (tertiary/aromatic N) is 5. The summed E-state index contributed by atoms with van der Waals surface area (Å²) < 4.78 is 7.87. The van der Waals surface area contributed by atoms with Gasteiger partial charge in [-0.2, -0.15) is 5.10 Å². The van der Waals surface area contributed by atoms with Crippen LogP contribution in [0.4, 0.5) is 22.9 Å². The van der Waals surface area contributed by atoms with Crippen LogP contribution < -0.4 is 25.6 Å². The molecular weight excluding hydrogens is 480 g/mol. The summed E-state index contributed by atoms with van der Waals surface area (Å²) in [6, 6.07) is 12.2. The first-order chi connectivity index (χ1) is 18.4. The Hall–Kier alpha value is -4.44. The monoisotopic (exact) mass is 512 g/mol. The smallest absolute Gasteiger partial charge is 0.247 e. The number of anilines is 4. The van der Waals surface area contributed by atoms with Gasteiger partial charge in [0.1, 0.15) is 17.9 Å². The topological polar surface area (TPSA) is 109 Å². The average molecular weight is 513 g/mol. The van der Waals surface area contributed by atoms with E-state index in [-0.39, 0.29) is 5.91 Å². The van der Waals surface area contributed by atoms with Gasteiger partial charge in [0.25, 0.3) is 0 Å². The predicted molar refractivity (Wildman–Crippen MR) is 151 cm³/mol. The first kappa shape index (κ1) is 25.2. The number of rotatable bonds is 8. The number of aromatic nitrogens is 4. The number of amides is 1. The predicted octanol–water partition coefficient (Wildman–Crippen LogP) is 4.10. The third-order valence-corrected chi connectivity index (χ3v) is 6.52. The summed E-state index contributed by atoms with van der Waals surface area (Å²) in [6.07, 6.45) is 4.64. The van der Waals surface area contributed by atoms with Crippen LogP contribution in [-0.2, 0) is 11.8 Å². The van der Waals surface area contributed by atoms with E-state index >= 15 is 0 Å². The number of ether oxygens (including phenoxy) is 1. The number of hydrogen-bond acceptors (Lipinski definition) is 8. The van der Waals surface area contributed by atoms with Crippen LogP contribution in [0.25, 0.3) is 22.2 Å². The van der Waals surface area contributed by atoms with Gasteiger partial charge < -0.3 is 25.6 Å². The highest BCUT2D eigenvalue weighted by Crippen LogP contribution is 2.39. The Bertz CT molecular complexity index is 1480. The summed E-state index contributed by atoms with van der Waals surface area (Å²) in [6.45, 7) is 10.7. The SMILES string of the molecule is C=CC(=O)Nc1cc(Nc2cc(-c3ccc4c(cnn4C)c3)ncn2)c(OCC)cc1N1CCN[C@@H](C)C1. The molecule has 3 N–H and O–H groups in total. The molecule has 5 rings (SSSR count). The van der Waals surface area contributed by atoms with Crippen LogP contribution in [0.1, 0.15) is 13.8 Å². The van der Waals surface area contributed by atoms with E-state index in [1.54, 1.807) is 0 Å². The Morgan fingerprint density at radius 3 is 2.89 bits per heavy atom. The molecule has 196 valence electrons. The van der Waals surface area contributed by atoms with Gasteiger partial charge in [-0.3, -0.25) is 9.48 Å². The number of carbonyl (C=O) groups excluding carboxylic acids is 1. The van der Waals surface area contributed by atoms with E-state index in [1.807, 2.05) is 55.2 Å². The van der Waals surface area contributed by atoms with Gasteiger partial charge in [0.15, 0.2) is 0 Å². The minimum absolute atomic E-state index is 0.278. The summed E-state index contributed by atoms with van der Waals surface area (Å²) in [5.41, 5.74) is 5.05. The number of carbonyl (C=O) groups is 1. The molecule has 0 aliphatic carbocycles. The van der Waals surface area contributed by atoms with Crippen LogP contribution in [0.15, 0.2) is 61.6 Å². The van der Waals surface area contributed by atoms with Gasteiger partial charge in [-0.05, 0) is 38.1 Å². The molecule has 1 amide bonds. The first-order valence-corrected chi connectivity index (χ1v) is 12.7. The summed E-state index contributed by atoms with van der Waals surface area (Å²) in [5.74, 6) is 0.994. The maximum absolute atomic E-state index is 12.3. The molecule has 0 bridgehead atoms. The third-order valence-electron chi connectivity index (χ3n) is 6.52. The molecule has 3 heterocycles. The molecule has 0 spiro atoms. The zero-order valence-electron chi connectivity index (χ0n) is 21.9. The van der Waals surface area contributed by atoms with Crippen molar-refractivity contribution >= 4 is 39.7 Å². The van der Waals surface area contributed by atoms with E-state index in [4.69, 9.17) is 4.74 Å². The highest BCUT2D eigenvalue weighted by molar-refractivity contribution is 6.02. The number of hydrogen-bond donors (Lipinski definition) is 3. The zero-order valence-corrected chi connectivity index (χ0v) is 21.9. The van der Waals surface area contributed by atoms with Crippen molar-refractivity contribution in [3.8, 4) is 17.0 Å². The van der Waals surface area contributed by atoms with Gasteiger partial charge in [0, 0.05) is 55.8 Å². The van der Waals surface area contributed by atoms with Crippen LogP contribution in [0, 0.1) is 0 Å². The van der Waals surface area contributed by atoms with Crippen molar-refractivity contribution in [2.75, 3.05) is 41.8 Å². The number of aryl methyl sites for hydroxylation is 1. The van der Waals surface area contributed by atoms with Gasteiger partial charge in [-0.1, -0.05) is 12.6 Å². The fraction of sp³-hybridized carbons (Fsp3) is 0.286. The van der Waals surface area contributed by atoms with Crippen molar-refractivity contribution in [1.29, 1.82) is 0 Å². The fourth-order valence-electron chi connectivity index (χ4n) is 4.68. The van der Waals surface area contributed by atoms with Gasteiger partial charge >= 0.3 is 0 Å². The van der Waals surface area contributed by atoms with E-state index in [9.17, 15) is 4.79 Å². The molecule has 1 aliphatic rings. The maximum Gasteiger partial charge on any atom is 0.247 e. The van der Waals surface area contributed by atoms with Crippen LogP contribution in [-0.4, -0.2) is 57.9 Å². The van der Waals surface area contributed by atoms with Crippen molar-refractivity contribution in [2.24, 2.45) is 7.05 Å². The lowest BCUT2D eigenvalue weighted by molar-refractivity contribution is -0.111. The van der Waals surface area contributed by atoms with E-state index in [1.165, 1.54) is 12.4 Å². The number of piperazine rings is 1. The van der Waals surface area contributed by atoms with Gasteiger partial charge in [-0.15, -0.1) is 0 Å². The van der Waals surface area contributed by atoms with Gasteiger partial charge in [0.05, 0.1) is 41.1 Å². The molecule has 2 aromatic carbocycles. The molecule has 0 saturated carbocycles. The lowest BCUT2D eigenvalue weighted by Gasteiger charge is -2.35. The molecule has 1 aliphatic heterocycles. The van der Waals surface area contributed by atoms with E-state index < -0.39 is 0 Å². The van der Waals surface area contributed by atoms with Crippen molar-refractivity contribution in [3.05, 3.63) is 61.6 Å². The lowest BCUT2D eigenvalue weighted by atomic mass is 10.1. The first-order valence-electron chi connectivity index (χ1n) is 12.7. The third kappa shape index (κ3) is 5.30. The van der Waals surface area contributed by atoms with Crippen molar-refractivity contribution in [2.45, 2.75) is 19.9 Å². The Morgan fingerprint density at radius 2 is 2.11 bits per heavy atom. The molecule has 4 aromatic rings. The van der Waals surface area contributed by atoms with Crippen LogP contribution in [0.5, 0.6) is 5.75 Å². The lowest BCUT2D eigenvalue weighted by Crippen LogP contribution is -2.49. The zero-order chi connectivity index (χ0) is 26.6. The van der Waals surface area contributed by atoms with Crippen LogP contribution in [0.3, 0.4) is 0 Å². The number of nitrogens with one attached hydrogen (secondary N) is 3. The standard InChI is InChI=1S/C28H32N8O2/c1-5-28(37)34-22-12-23(26(38-6-2)14-25(22)36-10-9-29-18(3)16-36)33-27-13-21(30-17-31-27)19-7-8-24-20(11-19)15-32-35(24)4/h5,7-8,11-15,17-18,29H,1,6,9-10,16H2,2-4H3,(H,34,37)(H,30,31,33)/t18-/m0/s1. The fourth-order valence-corrected chi connectivity index (χ4v) is 4.68. The van der Waals surface area contributed by atoms with Crippen molar-refractivity contribution in [1.82, 2.24) is 25.1 Å². The van der Waals surface area contributed by atoms with Gasteiger partial charge in [0.2, 0.25) is 5.91 Å². The second kappa shape index (κ2) is 10.9. The molecule has 10 nitrogen and oxygen atoms in total. The van der Waals surface area contributed by atoms with Crippen LogP contribution in [0.2, 0.25) is 0 Å². The van der Waals surface area contributed by atoms with E-state index in [0.29, 0.717) is 35.6 Å². The quantitative estimate of drug-likeness (QED) is 0.303. The summed E-state index contributed by atoms with van der Waals surface area (Å²) in [4.78, 5) is 23.5. The highest BCUT2D eigenvalue weighted by Gasteiger charge is 2.22. The second-order valence-corrected chi connectivity index (χ2v) is 9.25. The number of fused-ring (bicyclic) bond motifs is 1.